The van der Waals surface area contributed by atoms with Crippen molar-refractivity contribution < 1.29 is 14.3 Å². The lowest BCUT2D eigenvalue weighted by molar-refractivity contribution is -0.105. The van der Waals surface area contributed by atoms with Crippen molar-refractivity contribution in [1.29, 1.82) is 0 Å². The fraction of sp³-hybridized carbons (Fsp3) is 0.242. The standard InChI is InChI=1S/C33H36N2O3/c1-26(21-27-13-16-31(37-2)17-14-27)35(23-29-9-5-3-6-10-29)20-19-28-15-18-33(32(22-28)34-25-36)38-24-30-11-7-4-8-12-30/h3-18,22,25-26H,19-21,23-24H2,1-2H3,(H,34,36)/t26-/m1/s1. The van der Waals surface area contributed by atoms with Crippen LogP contribution >= 0.6 is 0 Å². The van der Waals surface area contributed by atoms with E-state index in [1.165, 1.54) is 11.1 Å². The molecule has 0 radical (unpaired) electrons. The van der Waals surface area contributed by atoms with Crippen LogP contribution in [0.25, 0.3) is 0 Å². The molecule has 5 nitrogen and oxygen atoms in total. The second kappa shape index (κ2) is 14.0. The Morgan fingerprint density at radius 1 is 0.816 bits per heavy atom. The van der Waals surface area contributed by atoms with E-state index >= 15 is 0 Å². The molecule has 0 aliphatic carbocycles. The van der Waals surface area contributed by atoms with Crippen LogP contribution in [0.4, 0.5) is 5.69 Å². The van der Waals surface area contributed by atoms with Gasteiger partial charge in [-0.05, 0) is 66.3 Å². The van der Waals surface area contributed by atoms with Gasteiger partial charge >= 0.3 is 0 Å². The van der Waals surface area contributed by atoms with Crippen LogP contribution in [0.15, 0.2) is 103 Å². The zero-order valence-corrected chi connectivity index (χ0v) is 22.2. The Bertz CT molecular complexity index is 1260. The van der Waals surface area contributed by atoms with Crippen LogP contribution in [-0.2, 0) is 30.8 Å². The lowest BCUT2D eigenvalue weighted by Crippen LogP contribution is -2.35. The normalized spacial score (nSPS) is 11.7. The minimum atomic E-state index is 0.338. The quantitative estimate of drug-likeness (QED) is 0.197. The molecule has 0 unspecified atom stereocenters. The lowest BCUT2D eigenvalue weighted by Gasteiger charge is -2.30. The molecule has 1 amide bonds. The first-order valence-electron chi connectivity index (χ1n) is 13.1. The molecule has 196 valence electrons. The summed E-state index contributed by atoms with van der Waals surface area (Å²) >= 11 is 0. The molecule has 38 heavy (non-hydrogen) atoms. The molecule has 0 spiro atoms. The maximum Gasteiger partial charge on any atom is 0.211 e. The highest BCUT2D eigenvalue weighted by molar-refractivity contribution is 5.75. The van der Waals surface area contributed by atoms with Gasteiger partial charge in [-0.3, -0.25) is 9.69 Å². The van der Waals surface area contributed by atoms with Crippen molar-refractivity contribution >= 4 is 12.1 Å². The lowest BCUT2D eigenvalue weighted by atomic mass is 10.0. The van der Waals surface area contributed by atoms with E-state index < -0.39 is 0 Å². The summed E-state index contributed by atoms with van der Waals surface area (Å²) in [6, 6.07) is 35.3. The van der Waals surface area contributed by atoms with Gasteiger partial charge in [0.1, 0.15) is 18.1 Å². The number of amides is 1. The van der Waals surface area contributed by atoms with Crippen molar-refractivity contribution in [1.82, 2.24) is 4.90 Å². The van der Waals surface area contributed by atoms with Gasteiger partial charge in [-0.25, -0.2) is 0 Å². The van der Waals surface area contributed by atoms with E-state index in [0.29, 0.717) is 30.5 Å². The Labute approximate surface area is 226 Å². The molecule has 0 saturated heterocycles. The molecule has 4 aromatic carbocycles. The van der Waals surface area contributed by atoms with Crippen LogP contribution in [-0.4, -0.2) is 31.0 Å². The van der Waals surface area contributed by atoms with E-state index in [1.807, 2.05) is 54.6 Å². The summed E-state index contributed by atoms with van der Waals surface area (Å²) in [6.45, 7) is 4.49. The molecule has 0 aliphatic heterocycles. The van der Waals surface area contributed by atoms with Crippen LogP contribution in [0.1, 0.15) is 29.2 Å². The molecular formula is C33H36N2O3. The van der Waals surface area contributed by atoms with Crippen LogP contribution in [0.2, 0.25) is 0 Å². The number of carbonyl (C=O) groups excluding carboxylic acids is 1. The summed E-state index contributed by atoms with van der Waals surface area (Å²) in [4.78, 5) is 13.8. The Balaban J connectivity index is 1.45. The highest BCUT2D eigenvalue weighted by Gasteiger charge is 2.16. The van der Waals surface area contributed by atoms with Crippen molar-refractivity contribution in [3.8, 4) is 11.5 Å². The number of ether oxygens (including phenoxy) is 2. The van der Waals surface area contributed by atoms with Crippen LogP contribution in [0, 0.1) is 0 Å². The highest BCUT2D eigenvalue weighted by atomic mass is 16.5. The first kappa shape index (κ1) is 27.0. The van der Waals surface area contributed by atoms with Gasteiger partial charge in [0.05, 0.1) is 12.8 Å². The number of hydrogen-bond donors (Lipinski definition) is 1. The first-order chi connectivity index (χ1) is 18.6. The van der Waals surface area contributed by atoms with Crippen molar-refractivity contribution in [2.75, 3.05) is 19.0 Å². The summed E-state index contributed by atoms with van der Waals surface area (Å²) in [5.74, 6) is 1.54. The summed E-state index contributed by atoms with van der Waals surface area (Å²) in [7, 11) is 1.69. The number of anilines is 1. The molecule has 0 fully saturated rings. The van der Waals surface area contributed by atoms with Crippen molar-refractivity contribution in [3.05, 3.63) is 125 Å². The first-order valence-corrected chi connectivity index (χ1v) is 13.1. The molecule has 0 aliphatic rings. The third kappa shape index (κ3) is 7.95. The number of nitrogens with one attached hydrogen (secondary N) is 1. The molecule has 4 rings (SSSR count). The second-order valence-electron chi connectivity index (χ2n) is 9.47. The molecule has 4 aromatic rings. The van der Waals surface area contributed by atoms with Gasteiger partial charge in [0.25, 0.3) is 0 Å². The summed E-state index contributed by atoms with van der Waals surface area (Å²) in [5, 5.41) is 2.82. The average Bonchev–Trinajstić information content (AvgIpc) is 2.96. The fourth-order valence-electron chi connectivity index (χ4n) is 4.55. The van der Waals surface area contributed by atoms with Gasteiger partial charge in [0.2, 0.25) is 6.41 Å². The average molecular weight is 509 g/mol. The third-order valence-electron chi connectivity index (χ3n) is 6.73. The fourth-order valence-corrected chi connectivity index (χ4v) is 4.55. The van der Waals surface area contributed by atoms with Crippen LogP contribution in [0.5, 0.6) is 11.5 Å². The Morgan fingerprint density at radius 2 is 1.47 bits per heavy atom. The maximum atomic E-state index is 11.3. The summed E-state index contributed by atoms with van der Waals surface area (Å²) in [5.41, 5.74) is 5.50. The number of hydrogen-bond acceptors (Lipinski definition) is 4. The van der Waals surface area contributed by atoms with E-state index in [9.17, 15) is 4.79 Å². The molecule has 0 bridgehead atoms. The van der Waals surface area contributed by atoms with Crippen molar-refractivity contribution in [2.24, 2.45) is 0 Å². The minimum Gasteiger partial charge on any atom is -0.497 e. The molecule has 0 aromatic heterocycles. The number of carbonyl (C=O) groups is 1. The SMILES string of the molecule is COc1ccc(C[C@@H](C)N(CCc2ccc(OCc3ccccc3)c(NC=O)c2)Cc2ccccc2)cc1. The number of nitrogens with zero attached hydrogens (tertiary/aromatic N) is 1. The van der Waals surface area contributed by atoms with Gasteiger partial charge in [0, 0.05) is 19.1 Å². The summed E-state index contributed by atoms with van der Waals surface area (Å²) < 4.78 is 11.3. The topological polar surface area (TPSA) is 50.8 Å². The Morgan fingerprint density at radius 3 is 2.13 bits per heavy atom. The molecular weight excluding hydrogens is 472 g/mol. The molecule has 1 N–H and O–H groups in total. The van der Waals surface area contributed by atoms with Gasteiger partial charge in [0.15, 0.2) is 0 Å². The zero-order valence-electron chi connectivity index (χ0n) is 22.2. The number of methoxy groups -OCH3 is 1. The highest BCUT2D eigenvalue weighted by Crippen LogP contribution is 2.27. The van der Waals surface area contributed by atoms with E-state index in [2.05, 4.69) is 65.7 Å². The minimum absolute atomic E-state index is 0.338. The van der Waals surface area contributed by atoms with E-state index in [0.717, 1.165) is 42.8 Å². The van der Waals surface area contributed by atoms with Crippen molar-refractivity contribution in [2.45, 2.75) is 39.0 Å². The van der Waals surface area contributed by atoms with Gasteiger partial charge < -0.3 is 14.8 Å². The molecule has 0 heterocycles. The predicted octanol–water partition coefficient (Wildman–Crippen LogP) is 6.52. The van der Waals surface area contributed by atoms with Gasteiger partial charge in [-0.1, -0.05) is 78.9 Å². The molecule has 1 atom stereocenters. The van der Waals surface area contributed by atoms with Gasteiger partial charge in [-0.2, -0.15) is 0 Å². The maximum absolute atomic E-state index is 11.3. The number of rotatable bonds is 14. The second-order valence-corrected chi connectivity index (χ2v) is 9.47. The largest absolute Gasteiger partial charge is 0.497 e. The zero-order chi connectivity index (χ0) is 26.6. The van der Waals surface area contributed by atoms with E-state index in [4.69, 9.17) is 9.47 Å². The number of benzene rings is 4. The summed E-state index contributed by atoms with van der Waals surface area (Å²) in [6.07, 6.45) is 2.50. The van der Waals surface area contributed by atoms with E-state index in [1.54, 1.807) is 7.11 Å². The van der Waals surface area contributed by atoms with Crippen LogP contribution in [0.3, 0.4) is 0 Å². The molecule has 5 heteroatoms. The van der Waals surface area contributed by atoms with Gasteiger partial charge in [-0.15, -0.1) is 0 Å². The van der Waals surface area contributed by atoms with Crippen LogP contribution < -0.4 is 14.8 Å². The predicted molar refractivity (Wildman–Crippen MR) is 154 cm³/mol. The van der Waals surface area contributed by atoms with E-state index in [-0.39, 0.29) is 0 Å². The van der Waals surface area contributed by atoms with Crippen molar-refractivity contribution in [3.63, 3.8) is 0 Å². The third-order valence-corrected chi connectivity index (χ3v) is 6.73. The molecule has 0 saturated carbocycles. The Hall–Kier alpha value is -4.09. The smallest absolute Gasteiger partial charge is 0.211 e. The monoisotopic (exact) mass is 508 g/mol. The Kier molecular flexibility index (Phi) is 9.94.